The number of nitrogen functional groups attached to an aromatic ring is 1. The van der Waals surface area contributed by atoms with E-state index in [2.05, 4.69) is 4.98 Å². The van der Waals surface area contributed by atoms with Crippen LogP contribution in [0.3, 0.4) is 0 Å². The Morgan fingerprint density at radius 1 is 1.17 bits per heavy atom. The third-order valence-corrected chi connectivity index (χ3v) is 3.64. The Hall–Kier alpha value is -2.21. The van der Waals surface area contributed by atoms with Crippen LogP contribution in [0.25, 0.3) is 11.1 Å². The van der Waals surface area contributed by atoms with Crippen molar-refractivity contribution in [3.05, 3.63) is 42.1 Å². The summed E-state index contributed by atoms with van der Waals surface area (Å²) in [5.74, 6) is -0.751. The molecule has 0 aliphatic heterocycles. The summed E-state index contributed by atoms with van der Waals surface area (Å²) in [4.78, 5) is 3.67. The van der Waals surface area contributed by atoms with Crippen LogP contribution in [0, 0.1) is 11.6 Å². The summed E-state index contributed by atoms with van der Waals surface area (Å²) in [6, 6.07) is 5.59. The highest BCUT2D eigenvalue weighted by molar-refractivity contribution is 5.67. The van der Waals surface area contributed by atoms with E-state index in [1.807, 2.05) is 0 Å². The van der Waals surface area contributed by atoms with Crippen LogP contribution < -0.4 is 10.5 Å². The lowest BCUT2D eigenvalue weighted by molar-refractivity contribution is 0.179. The highest BCUT2D eigenvalue weighted by atomic mass is 19.1. The monoisotopic (exact) mass is 336 g/mol. The first kappa shape index (κ1) is 18.1. The number of aliphatic hydroxyl groups is 1. The standard InChI is InChI=1S/C18H22F2N2O2/c1-12(23)5-3-2-4-8-24-17-9-13(6-7-15(17)19)14-10-18(21)22-11-16(14)20/h6-7,9-12,23H,2-5,8H2,1H3,(H2,21,22). The van der Waals surface area contributed by atoms with Crippen molar-refractivity contribution in [2.24, 2.45) is 0 Å². The SMILES string of the molecule is CC(O)CCCCCOc1cc(-c2cc(N)ncc2F)ccc1F. The zero-order valence-electron chi connectivity index (χ0n) is 13.6. The Balaban J connectivity index is 2.00. The van der Waals surface area contributed by atoms with Crippen LogP contribution in [0.5, 0.6) is 5.75 Å². The lowest BCUT2D eigenvalue weighted by Gasteiger charge is -2.10. The Kier molecular flexibility index (Phi) is 6.49. The van der Waals surface area contributed by atoms with E-state index in [4.69, 9.17) is 10.5 Å². The molecule has 2 aromatic rings. The minimum Gasteiger partial charge on any atom is -0.490 e. The van der Waals surface area contributed by atoms with Gasteiger partial charge in [-0.3, -0.25) is 0 Å². The maximum Gasteiger partial charge on any atom is 0.165 e. The summed E-state index contributed by atoms with van der Waals surface area (Å²) >= 11 is 0. The molecule has 130 valence electrons. The van der Waals surface area contributed by atoms with Crippen molar-refractivity contribution in [2.45, 2.75) is 38.7 Å². The van der Waals surface area contributed by atoms with E-state index in [0.717, 1.165) is 31.9 Å². The predicted octanol–water partition coefficient (Wildman–Crippen LogP) is 3.93. The van der Waals surface area contributed by atoms with Crippen molar-refractivity contribution in [3.8, 4) is 16.9 Å². The fourth-order valence-electron chi connectivity index (χ4n) is 2.36. The molecule has 0 spiro atoms. The van der Waals surface area contributed by atoms with E-state index in [1.165, 1.54) is 24.3 Å². The van der Waals surface area contributed by atoms with Crippen LogP contribution in [0.2, 0.25) is 0 Å². The Morgan fingerprint density at radius 3 is 2.71 bits per heavy atom. The maximum absolute atomic E-state index is 13.9. The lowest BCUT2D eigenvalue weighted by Crippen LogP contribution is -2.02. The maximum atomic E-state index is 13.9. The van der Waals surface area contributed by atoms with Gasteiger partial charge in [0.1, 0.15) is 11.6 Å². The molecule has 1 heterocycles. The van der Waals surface area contributed by atoms with Gasteiger partial charge in [-0.25, -0.2) is 13.8 Å². The third-order valence-electron chi connectivity index (χ3n) is 3.64. The number of benzene rings is 1. The number of pyridine rings is 1. The summed E-state index contributed by atoms with van der Waals surface area (Å²) in [5, 5.41) is 9.18. The van der Waals surface area contributed by atoms with E-state index in [0.29, 0.717) is 12.2 Å². The predicted molar refractivity (Wildman–Crippen MR) is 89.6 cm³/mol. The number of hydrogen-bond donors (Lipinski definition) is 2. The molecule has 2 rings (SSSR count). The molecule has 0 saturated heterocycles. The molecular weight excluding hydrogens is 314 g/mol. The molecule has 0 bridgehead atoms. The molecule has 0 fully saturated rings. The first-order valence-corrected chi connectivity index (χ1v) is 7.99. The fraction of sp³-hybridized carbons (Fsp3) is 0.389. The smallest absolute Gasteiger partial charge is 0.165 e. The first-order valence-electron chi connectivity index (χ1n) is 7.99. The van der Waals surface area contributed by atoms with Gasteiger partial charge in [0, 0.05) is 5.56 Å². The molecule has 0 aliphatic rings. The second-order valence-electron chi connectivity index (χ2n) is 5.78. The number of aliphatic hydroxyl groups excluding tert-OH is 1. The van der Waals surface area contributed by atoms with Gasteiger partial charge >= 0.3 is 0 Å². The zero-order chi connectivity index (χ0) is 17.5. The summed E-state index contributed by atoms with van der Waals surface area (Å²) in [6.07, 6.45) is 4.02. The van der Waals surface area contributed by atoms with E-state index in [1.54, 1.807) is 6.92 Å². The van der Waals surface area contributed by atoms with Gasteiger partial charge < -0.3 is 15.6 Å². The number of hydrogen-bond acceptors (Lipinski definition) is 4. The molecule has 1 aromatic heterocycles. The second kappa shape index (κ2) is 8.59. The van der Waals surface area contributed by atoms with E-state index in [-0.39, 0.29) is 23.2 Å². The summed E-state index contributed by atoms with van der Waals surface area (Å²) in [7, 11) is 0. The largest absolute Gasteiger partial charge is 0.490 e. The highest BCUT2D eigenvalue weighted by Gasteiger charge is 2.11. The molecule has 1 atom stereocenters. The summed E-state index contributed by atoms with van der Waals surface area (Å²) < 4.78 is 33.2. The molecule has 0 aliphatic carbocycles. The summed E-state index contributed by atoms with van der Waals surface area (Å²) in [6.45, 7) is 2.11. The molecule has 1 unspecified atom stereocenters. The van der Waals surface area contributed by atoms with Crippen LogP contribution in [-0.4, -0.2) is 22.8 Å². The average molecular weight is 336 g/mol. The van der Waals surface area contributed by atoms with Crippen molar-refractivity contribution in [2.75, 3.05) is 12.3 Å². The molecule has 0 saturated carbocycles. The van der Waals surface area contributed by atoms with E-state index >= 15 is 0 Å². The highest BCUT2D eigenvalue weighted by Crippen LogP contribution is 2.29. The molecule has 0 amide bonds. The van der Waals surface area contributed by atoms with E-state index in [9.17, 15) is 13.9 Å². The molecular formula is C18H22F2N2O2. The Bertz CT molecular complexity index is 678. The van der Waals surface area contributed by atoms with Crippen molar-refractivity contribution in [1.29, 1.82) is 0 Å². The quantitative estimate of drug-likeness (QED) is 0.717. The van der Waals surface area contributed by atoms with Gasteiger partial charge in [-0.2, -0.15) is 0 Å². The van der Waals surface area contributed by atoms with Crippen LogP contribution in [-0.2, 0) is 0 Å². The van der Waals surface area contributed by atoms with Gasteiger partial charge in [0.15, 0.2) is 11.6 Å². The van der Waals surface area contributed by atoms with Crippen molar-refractivity contribution in [3.63, 3.8) is 0 Å². The van der Waals surface area contributed by atoms with Gasteiger partial charge in [-0.1, -0.05) is 12.5 Å². The van der Waals surface area contributed by atoms with Gasteiger partial charge in [0.25, 0.3) is 0 Å². The van der Waals surface area contributed by atoms with Crippen LogP contribution >= 0.6 is 0 Å². The first-order chi connectivity index (χ1) is 11.5. The topological polar surface area (TPSA) is 68.4 Å². The molecule has 0 radical (unpaired) electrons. The molecule has 6 heteroatoms. The number of nitrogens with zero attached hydrogens (tertiary/aromatic N) is 1. The number of nitrogens with two attached hydrogens (primary N) is 1. The number of aromatic nitrogens is 1. The van der Waals surface area contributed by atoms with Crippen molar-refractivity contribution < 1.29 is 18.6 Å². The van der Waals surface area contributed by atoms with Crippen molar-refractivity contribution >= 4 is 5.82 Å². The van der Waals surface area contributed by atoms with Crippen molar-refractivity contribution in [1.82, 2.24) is 4.98 Å². The number of anilines is 1. The van der Waals surface area contributed by atoms with Gasteiger partial charge in [0.2, 0.25) is 0 Å². The Morgan fingerprint density at radius 2 is 1.96 bits per heavy atom. The molecule has 1 aromatic carbocycles. The van der Waals surface area contributed by atoms with Gasteiger partial charge in [0.05, 0.1) is 18.9 Å². The van der Waals surface area contributed by atoms with Gasteiger partial charge in [-0.05, 0) is 49.9 Å². The molecule has 4 nitrogen and oxygen atoms in total. The number of ether oxygens (including phenoxy) is 1. The minimum atomic E-state index is -0.528. The Labute approximate surface area is 140 Å². The second-order valence-corrected chi connectivity index (χ2v) is 5.78. The number of unbranched alkanes of at least 4 members (excludes halogenated alkanes) is 2. The van der Waals surface area contributed by atoms with Crippen LogP contribution in [0.15, 0.2) is 30.5 Å². The zero-order valence-corrected chi connectivity index (χ0v) is 13.6. The van der Waals surface area contributed by atoms with Crippen LogP contribution in [0.4, 0.5) is 14.6 Å². The van der Waals surface area contributed by atoms with E-state index < -0.39 is 11.6 Å². The average Bonchev–Trinajstić information content (AvgIpc) is 2.54. The third kappa shape index (κ3) is 5.16. The lowest BCUT2D eigenvalue weighted by atomic mass is 10.1. The number of rotatable bonds is 8. The number of halogens is 2. The minimum absolute atomic E-state index is 0.0813. The van der Waals surface area contributed by atoms with Crippen LogP contribution in [0.1, 0.15) is 32.6 Å². The summed E-state index contributed by atoms with van der Waals surface area (Å²) in [5.41, 5.74) is 6.31. The van der Waals surface area contributed by atoms with Gasteiger partial charge in [-0.15, -0.1) is 0 Å². The normalized spacial score (nSPS) is 12.2. The fourth-order valence-corrected chi connectivity index (χ4v) is 2.36. The molecule has 24 heavy (non-hydrogen) atoms. The molecule has 3 N–H and O–H groups in total.